The number of carbonyl (C=O) groups is 4. The Hall–Kier alpha value is -10.1. The van der Waals surface area contributed by atoms with Gasteiger partial charge in [-0.05, 0) is 190 Å². The number of alkyl halides is 3. The van der Waals surface area contributed by atoms with Crippen LogP contribution in [-0.4, -0.2) is 106 Å². The number of nitrogens with zero attached hydrogens (tertiary/aromatic N) is 8. The maximum atomic E-state index is 14.8. The zero-order chi connectivity index (χ0) is 98.0. The van der Waals surface area contributed by atoms with Crippen LogP contribution in [0.3, 0.4) is 0 Å². The molecule has 24 nitrogen and oxygen atoms in total. The number of aromatic nitrogens is 8. The molecular formula is C101H99BrCl3F4N8O16P3S. The molecule has 8 aliphatic heterocycles. The molecule has 0 radical (unpaired) electrons. The van der Waals surface area contributed by atoms with Gasteiger partial charge in [-0.2, -0.15) is 12.6 Å². The number of benzene rings is 4. The summed E-state index contributed by atoms with van der Waals surface area (Å²) >= 11 is 24.4. The summed E-state index contributed by atoms with van der Waals surface area (Å²) < 4.78 is 85.7. The number of terminal acetylenes is 1. The summed E-state index contributed by atoms with van der Waals surface area (Å²) in [6.45, 7) is 14.1. The Morgan fingerprint density at radius 3 is 1.04 bits per heavy atom. The summed E-state index contributed by atoms with van der Waals surface area (Å²) in [5.74, 6) is 6.18. The summed E-state index contributed by atoms with van der Waals surface area (Å²) in [6.07, 6.45) is 11.2. The minimum atomic E-state index is -1.89. The van der Waals surface area contributed by atoms with E-state index in [1.807, 2.05) is 24.3 Å². The molecule has 0 spiro atoms. The van der Waals surface area contributed by atoms with E-state index < -0.39 is 52.1 Å². The largest absolute Gasteiger partial charge is 0.458 e. The molecule has 0 amide bonds. The summed E-state index contributed by atoms with van der Waals surface area (Å²) in [5.41, 5.74) is 7.35. The van der Waals surface area contributed by atoms with Gasteiger partial charge >= 0.3 is 23.9 Å². The molecular weight excluding hydrogens is 1970 g/mol. The highest BCUT2D eigenvalue weighted by Gasteiger charge is 2.50. The maximum Gasteiger partial charge on any atom is 0.343 e. The number of unbranched alkanes of at least 4 members (excludes halogenated alkanes) is 2. The third-order valence-electron chi connectivity index (χ3n) is 26.5. The molecule has 0 bridgehead atoms. The van der Waals surface area contributed by atoms with Gasteiger partial charge in [0.2, 0.25) is 0 Å². The lowest BCUT2D eigenvalue weighted by molar-refractivity contribution is -0.172. The maximum absolute atomic E-state index is 14.8. The van der Waals surface area contributed by atoms with Crippen molar-refractivity contribution in [3.63, 3.8) is 0 Å². The number of ether oxygens (including phenoxy) is 4. The van der Waals surface area contributed by atoms with Crippen LogP contribution in [0.5, 0.6) is 0 Å². The van der Waals surface area contributed by atoms with Gasteiger partial charge in [-0.3, -0.25) is 19.2 Å². The number of esters is 4. The first-order valence-corrected chi connectivity index (χ1v) is 51.8. The molecule has 0 fully saturated rings. The van der Waals surface area contributed by atoms with Gasteiger partial charge in [-0.15, -0.1) is 65.0 Å². The van der Waals surface area contributed by atoms with E-state index in [0.29, 0.717) is 162 Å². The topological polar surface area (TPSA) is 326 Å². The number of hydrogen-bond donors (Lipinski definition) is 5. The Bertz CT molecular complexity index is 7260. The number of carbonyl (C=O) groups excluding carboxylic acids is 4. The number of hydrogen-bond acceptors (Lipinski definition) is 21. The van der Waals surface area contributed by atoms with E-state index >= 15 is 0 Å². The number of cyclic esters (lactones) is 4. The lowest BCUT2D eigenvalue weighted by Crippen LogP contribution is -2.44. The van der Waals surface area contributed by atoms with Crippen molar-refractivity contribution in [3.05, 3.63) is 248 Å². The molecule has 137 heavy (non-hydrogen) atoms. The molecule has 12 aromatic rings. The van der Waals surface area contributed by atoms with Crippen molar-refractivity contribution < 1.29 is 76.1 Å². The van der Waals surface area contributed by atoms with Gasteiger partial charge in [0, 0.05) is 136 Å². The van der Waals surface area contributed by atoms with E-state index in [0.717, 1.165) is 95.4 Å². The first kappa shape index (κ1) is 103. The van der Waals surface area contributed by atoms with Gasteiger partial charge in [-0.25, -0.2) is 56.7 Å². The summed E-state index contributed by atoms with van der Waals surface area (Å²) in [5, 5.41) is 47.0. The summed E-state index contributed by atoms with van der Waals surface area (Å²) in [6, 6.07) is 20.0. The Labute approximate surface area is 820 Å². The van der Waals surface area contributed by atoms with E-state index in [1.54, 1.807) is 97.9 Å². The summed E-state index contributed by atoms with van der Waals surface area (Å²) in [7, 11) is 6.06. The highest BCUT2D eigenvalue weighted by atomic mass is 79.9. The minimum absolute atomic E-state index is 0. The molecule has 8 aliphatic rings. The van der Waals surface area contributed by atoms with Gasteiger partial charge in [-0.1, -0.05) is 54.9 Å². The fraction of sp³-hybridized carbons (Fsp3) is 0.366. The number of aryl methyl sites for hydroxylation is 2. The van der Waals surface area contributed by atoms with Crippen LogP contribution >= 0.6 is 89.2 Å². The highest BCUT2D eigenvalue weighted by Crippen LogP contribution is 2.47. The molecule has 0 saturated heterocycles. The third kappa shape index (κ3) is 18.1. The van der Waals surface area contributed by atoms with Crippen LogP contribution in [0.1, 0.15) is 205 Å². The molecule has 36 heteroatoms. The Kier molecular flexibility index (Phi) is 31.0. The van der Waals surface area contributed by atoms with Crippen molar-refractivity contribution in [1.82, 2.24) is 38.2 Å². The fourth-order valence-corrected chi connectivity index (χ4v) is 19.9. The molecule has 0 aliphatic carbocycles. The molecule has 0 saturated carbocycles. The highest BCUT2D eigenvalue weighted by molar-refractivity contribution is 9.10. The van der Waals surface area contributed by atoms with Gasteiger partial charge in [0.05, 0.1) is 116 Å². The predicted molar refractivity (Wildman–Crippen MR) is 536 cm³/mol. The molecule has 6 atom stereocenters. The lowest BCUT2D eigenvalue weighted by Gasteiger charge is -2.31. The Morgan fingerprint density at radius 1 is 0.445 bits per heavy atom. The van der Waals surface area contributed by atoms with Crippen LogP contribution in [0.25, 0.3) is 89.2 Å². The number of halogens is 8. The van der Waals surface area contributed by atoms with Gasteiger partial charge in [0.1, 0.15) is 49.7 Å². The van der Waals surface area contributed by atoms with Crippen LogP contribution in [0.4, 0.5) is 17.6 Å². The molecule has 4 aromatic carbocycles. The van der Waals surface area contributed by atoms with Crippen molar-refractivity contribution in [2.45, 2.75) is 215 Å². The van der Waals surface area contributed by atoms with Gasteiger partial charge in [0.15, 0.2) is 22.4 Å². The third-order valence-corrected chi connectivity index (χ3v) is 28.5. The molecule has 20 rings (SSSR count). The lowest BCUT2D eigenvalue weighted by atomic mass is 9.86. The SMILES string of the molecule is C.C#CCCCl.CC[C@@]1(O)C(=O)OCc2c1cc1n(c2=O)Cc2cc3c(Br)c(C)c(F)cc3nc2-1.CC[C@@]1(O)C(=O)OCc2c1cc1n(c2=O)Cc2cc3c(C#CCCCl)c(C)c(F)cc3nc2-1.CC[C@@]1(O)C(=O)OCc2c1cc1n(c2=O)Cc2cc3c(CCCCCl)c(C)c(F)cc3nc2-1.CC[C@@]1(O)C(=O)OCc2c1cc1n(c2=O)Cc2cc3c(CCCCS)c(C)c(F)cc3nc2-1.PPP. The number of fused-ring (bicyclic) bond motifs is 20. The first-order chi connectivity index (χ1) is 65.0. The minimum Gasteiger partial charge on any atom is -0.458 e. The smallest absolute Gasteiger partial charge is 0.343 e. The van der Waals surface area contributed by atoms with E-state index in [1.165, 1.54) is 24.3 Å². The van der Waals surface area contributed by atoms with Crippen molar-refractivity contribution in [2.24, 2.45) is 0 Å². The number of thiol groups is 1. The average molecular weight is 2070 g/mol. The zero-order valence-corrected chi connectivity index (χ0v) is 83.4. The second-order valence-corrected chi connectivity index (χ2v) is 40.8. The van der Waals surface area contributed by atoms with Crippen LogP contribution in [-0.2, 0) is 126 Å². The summed E-state index contributed by atoms with van der Waals surface area (Å²) in [4.78, 5) is 121. The second-order valence-electron chi connectivity index (χ2n) is 34.1. The second kappa shape index (κ2) is 41.3. The zero-order valence-electron chi connectivity index (χ0n) is 75.4. The Balaban J connectivity index is 0.000000142. The van der Waals surface area contributed by atoms with E-state index in [4.69, 9.17) is 70.1 Å². The normalized spacial score (nSPS) is 18.0. The molecule has 2 unspecified atom stereocenters. The van der Waals surface area contributed by atoms with E-state index in [9.17, 15) is 76.3 Å². The fourth-order valence-electron chi connectivity index (χ4n) is 18.7. The number of aliphatic hydroxyl groups is 4. The van der Waals surface area contributed by atoms with Crippen molar-refractivity contribution in [3.8, 4) is 69.7 Å². The van der Waals surface area contributed by atoms with Crippen molar-refractivity contribution >= 4 is 157 Å². The van der Waals surface area contributed by atoms with Crippen LogP contribution in [0.2, 0.25) is 0 Å². The standard InChI is InChI=1S/C25H24ClFN2O4.C25H20ClFN2O4.C25H25FN2O4S.C21H16BrFN2O4.C4H5Cl.CH4.H5P3/c2*1-3-25(32)18-9-21-22-14(11-29(21)23(30)17(18)12-33-24(25)31)8-16-15(6-4-5-7-26)13(2)19(27)10-20(16)28-22;1-3-25(31)18-9-21-22-14(11-28(21)23(29)17(18)12-32-24(25)30)8-16-15(6-4-5-7-33)13(2)19(26)10-20(16)27-22;1-3-21(28)13-5-16-18-10(7-25(16)19(26)12(13)8-29-20(21)27)4-11-15(24-18)6-14(23)9(2)17(11)22;1-2-3-4-5;;1-3-2/h8-10,32H,3-7,11-12H2,1-2H3;8-10,32H,3,5,7,11-12H2,1-2H3;8-10,31,33H,3-7,11-12H2,1-2H3;4-6,28H,3,7-8H2,1-2H3;1H,3-4H2;1H4;3H,1-2H2/t3*25-;21-;;;/m0000.../s1. The van der Waals surface area contributed by atoms with Crippen LogP contribution in [0, 0.1) is 75.1 Å². The first-order valence-electron chi connectivity index (χ1n) is 44.2. The van der Waals surface area contributed by atoms with Crippen LogP contribution < -0.4 is 22.2 Å². The monoisotopic (exact) mass is 2060 g/mol. The van der Waals surface area contributed by atoms with Gasteiger partial charge in [0.25, 0.3) is 22.2 Å². The Morgan fingerprint density at radius 2 is 0.737 bits per heavy atom. The van der Waals surface area contributed by atoms with Crippen molar-refractivity contribution in [2.75, 3.05) is 23.4 Å². The predicted octanol–water partition coefficient (Wildman–Crippen LogP) is 17.8. The average Bonchev–Trinajstić information content (AvgIpc) is 1.61. The van der Waals surface area contributed by atoms with Crippen molar-refractivity contribution in [1.29, 1.82) is 0 Å². The van der Waals surface area contributed by atoms with Gasteiger partial charge < -0.3 is 57.6 Å². The quantitative estimate of drug-likeness (QED) is 0.00987. The van der Waals surface area contributed by atoms with E-state index in [2.05, 4.69) is 74.1 Å². The molecule has 4 N–H and O–H groups in total. The van der Waals surface area contributed by atoms with E-state index in [-0.39, 0.29) is 150 Å². The number of rotatable bonds is 14. The molecule has 716 valence electrons. The van der Waals surface area contributed by atoms with Crippen LogP contribution in [0.15, 0.2) is 96.4 Å². The molecule has 16 heterocycles. The number of pyridine rings is 8. The molecule has 8 aromatic heterocycles.